The van der Waals surface area contributed by atoms with E-state index < -0.39 is 0 Å². The summed E-state index contributed by atoms with van der Waals surface area (Å²) in [6.45, 7) is 7.83. The maximum Gasteiger partial charge on any atom is 0.179 e. The third-order valence-corrected chi connectivity index (χ3v) is 7.55. The molecule has 1 aliphatic heterocycles. The third kappa shape index (κ3) is 3.98. The van der Waals surface area contributed by atoms with Crippen molar-refractivity contribution < 1.29 is 4.74 Å². The molecule has 6 rings (SSSR count). The summed E-state index contributed by atoms with van der Waals surface area (Å²) >= 11 is 0. The van der Waals surface area contributed by atoms with Gasteiger partial charge < -0.3 is 14.2 Å². The van der Waals surface area contributed by atoms with E-state index in [-0.39, 0.29) is 6.10 Å². The highest BCUT2D eigenvalue weighted by molar-refractivity contribution is 5.89. The van der Waals surface area contributed by atoms with Gasteiger partial charge >= 0.3 is 0 Å². The van der Waals surface area contributed by atoms with Crippen LogP contribution in [0.15, 0.2) is 42.9 Å². The van der Waals surface area contributed by atoms with Crippen LogP contribution in [0.5, 0.6) is 5.75 Å². The smallest absolute Gasteiger partial charge is 0.179 e. The molecule has 1 atom stereocenters. The Morgan fingerprint density at radius 1 is 1.06 bits per heavy atom. The number of hydrogen-bond acceptors (Lipinski definition) is 6. The second-order valence-corrected chi connectivity index (χ2v) is 10.0. The lowest BCUT2D eigenvalue weighted by Gasteiger charge is -2.29. The Morgan fingerprint density at radius 2 is 1.86 bits per heavy atom. The fraction of sp³-hybridized carbons (Fsp3) is 0.429. The number of pyridine rings is 1. The molecule has 8 heteroatoms. The van der Waals surface area contributed by atoms with E-state index in [0.29, 0.717) is 12.1 Å². The van der Waals surface area contributed by atoms with E-state index in [2.05, 4.69) is 46.4 Å². The van der Waals surface area contributed by atoms with Gasteiger partial charge in [0.15, 0.2) is 6.19 Å². The van der Waals surface area contributed by atoms with Crippen molar-refractivity contribution >= 4 is 11.0 Å². The molecule has 184 valence electrons. The standard InChI is InChI=1S/C28H31N7O/c1-18-27(19(2)35(32-18)23-9-12-33(16-29)13-10-23)21-14-25-28(34(17-31-25)22-7-8-22)26(15-21)36-20(3)24-6-4-5-11-30-24/h4-6,11,14-15,17,20,22-23H,7-10,12-13H2,1-3H3/t20-/m1/s1. The maximum absolute atomic E-state index is 9.22. The second-order valence-electron chi connectivity index (χ2n) is 10.0. The molecular weight excluding hydrogens is 450 g/mol. The van der Waals surface area contributed by atoms with E-state index in [9.17, 15) is 5.26 Å². The molecule has 1 saturated heterocycles. The number of piperidine rings is 1. The lowest BCUT2D eigenvalue weighted by atomic mass is 10.0. The fourth-order valence-electron chi connectivity index (χ4n) is 5.51. The molecule has 3 aromatic heterocycles. The maximum atomic E-state index is 9.22. The zero-order valence-corrected chi connectivity index (χ0v) is 21.1. The minimum atomic E-state index is -0.192. The van der Waals surface area contributed by atoms with Crippen LogP contribution >= 0.6 is 0 Å². The van der Waals surface area contributed by atoms with Crippen LogP contribution < -0.4 is 4.74 Å². The van der Waals surface area contributed by atoms with Crippen molar-refractivity contribution in [2.45, 2.75) is 64.6 Å². The topological polar surface area (TPSA) is 84.8 Å². The van der Waals surface area contributed by atoms with Gasteiger partial charge in [0.25, 0.3) is 0 Å². The van der Waals surface area contributed by atoms with E-state index in [0.717, 1.165) is 70.9 Å². The van der Waals surface area contributed by atoms with Crippen LogP contribution in [0.1, 0.15) is 67.9 Å². The molecule has 0 N–H and O–H groups in total. The van der Waals surface area contributed by atoms with E-state index in [1.165, 1.54) is 12.8 Å². The second kappa shape index (κ2) is 8.98. The Kier molecular flexibility index (Phi) is 5.63. The number of likely N-dealkylation sites (tertiary alicyclic amines) is 1. The average Bonchev–Trinajstić information content (AvgIpc) is 3.58. The minimum Gasteiger partial charge on any atom is -0.482 e. The highest BCUT2D eigenvalue weighted by atomic mass is 16.5. The van der Waals surface area contributed by atoms with Gasteiger partial charge in [-0.25, -0.2) is 4.98 Å². The van der Waals surface area contributed by atoms with Crippen molar-refractivity contribution in [3.05, 3.63) is 59.9 Å². The first-order valence-corrected chi connectivity index (χ1v) is 12.8. The number of nitrogens with zero attached hydrogens (tertiary/aromatic N) is 7. The summed E-state index contributed by atoms with van der Waals surface area (Å²) in [6, 6.07) is 11.0. The van der Waals surface area contributed by atoms with Gasteiger partial charge in [-0.1, -0.05) is 6.07 Å². The summed E-state index contributed by atoms with van der Waals surface area (Å²) in [5.74, 6) is 0.832. The molecule has 0 amide bonds. The first-order valence-electron chi connectivity index (χ1n) is 12.8. The highest BCUT2D eigenvalue weighted by Gasteiger charge is 2.29. The summed E-state index contributed by atoms with van der Waals surface area (Å²) in [5.41, 5.74) is 7.25. The molecule has 1 aromatic carbocycles. The van der Waals surface area contributed by atoms with Gasteiger partial charge in [0.1, 0.15) is 17.4 Å². The van der Waals surface area contributed by atoms with E-state index in [1.54, 1.807) is 6.20 Å². The number of ether oxygens (including phenoxy) is 1. The third-order valence-electron chi connectivity index (χ3n) is 7.55. The average molecular weight is 482 g/mol. The molecule has 0 spiro atoms. The Morgan fingerprint density at radius 3 is 2.56 bits per heavy atom. The molecule has 1 aliphatic carbocycles. The molecule has 0 radical (unpaired) electrons. The Hall–Kier alpha value is -3.86. The SMILES string of the molecule is Cc1nn(C2CCN(C#N)CC2)c(C)c1-c1cc(O[C@H](C)c2ccccn2)c2c(c1)ncn2C1CC1. The Bertz CT molecular complexity index is 1440. The van der Waals surface area contributed by atoms with Crippen LogP contribution in [-0.2, 0) is 0 Å². The number of fused-ring (bicyclic) bond motifs is 1. The van der Waals surface area contributed by atoms with Crippen LogP contribution in [0, 0.1) is 25.3 Å². The van der Waals surface area contributed by atoms with E-state index >= 15 is 0 Å². The molecule has 0 unspecified atom stereocenters. The van der Waals surface area contributed by atoms with Gasteiger partial charge in [-0.2, -0.15) is 10.4 Å². The lowest BCUT2D eigenvalue weighted by molar-refractivity contribution is 0.224. The van der Waals surface area contributed by atoms with Crippen LogP contribution in [0.3, 0.4) is 0 Å². The largest absolute Gasteiger partial charge is 0.482 e. The predicted octanol–water partition coefficient (Wildman–Crippen LogP) is 5.50. The van der Waals surface area contributed by atoms with Crippen molar-refractivity contribution in [1.82, 2.24) is 29.2 Å². The fourth-order valence-corrected chi connectivity index (χ4v) is 5.51. The molecular formula is C28H31N7O. The molecule has 2 aliphatic rings. The molecule has 2 fully saturated rings. The van der Waals surface area contributed by atoms with E-state index in [1.807, 2.05) is 36.4 Å². The zero-order valence-electron chi connectivity index (χ0n) is 21.1. The first-order chi connectivity index (χ1) is 17.5. The van der Waals surface area contributed by atoms with Crippen molar-refractivity contribution in [2.24, 2.45) is 0 Å². The van der Waals surface area contributed by atoms with Gasteiger partial charge in [-0.3, -0.25) is 9.67 Å². The van der Waals surface area contributed by atoms with Gasteiger partial charge in [-0.15, -0.1) is 0 Å². The molecule has 4 heterocycles. The quantitative estimate of drug-likeness (QED) is 0.338. The lowest BCUT2D eigenvalue weighted by Crippen LogP contribution is -2.31. The van der Waals surface area contributed by atoms with Crippen LogP contribution in [-0.4, -0.2) is 42.3 Å². The highest BCUT2D eigenvalue weighted by Crippen LogP contribution is 2.43. The number of aryl methyl sites for hydroxylation is 1. The molecule has 36 heavy (non-hydrogen) atoms. The summed E-state index contributed by atoms with van der Waals surface area (Å²) in [5, 5.41) is 14.2. The van der Waals surface area contributed by atoms with Gasteiger partial charge in [0.2, 0.25) is 0 Å². The normalized spacial score (nSPS) is 17.3. The van der Waals surface area contributed by atoms with Crippen molar-refractivity contribution in [1.29, 1.82) is 5.26 Å². The van der Waals surface area contributed by atoms with Crippen LogP contribution in [0.2, 0.25) is 0 Å². The predicted molar refractivity (Wildman–Crippen MR) is 137 cm³/mol. The minimum absolute atomic E-state index is 0.192. The molecule has 0 bridgehead atoms. The van der Waals surface area contributed by atoms with Gasteiger partial charge in [0.05, 0.1) is 29.3 Å². The monoisotopic (exact) mass is 481 g/mol. The Balaban J connectivity index is 1.41. The molecule has 1 saturated carbocycles. The number of benzene rings is 1. The Labute approximate surface area is 211 Å². The van der Waals surface area contributed by atoms with Crippen molar-refractivity contribution in [3.63, 3.8) is 0 Å². The van der Waals surface area contributed by atoms with Crippen LogP contribution in [0.4, 0.5) is 0 Å². The number of hydrogen-bond donors (Lipinski definition) is 0. The first kappa shape index (κ1) is 22.6. The number of aromatic nitrogens is 5. The summed E-state index contributed by atoms with van der Waals surface area (Å²) in [7, 11) is 0. The number of rotatable bonds is 6. The molecule has 4 aromatic rings. The van der Waals surface area contributed by atoms with Gasteiger partial charge in [0, 0.05) is 36.6 Å². The molecule has 8 nitrogen and oxygen atoms in total. The van der Waals surface area contributed by atoms with Crippen molar-refractivity contribution in [2.75, 3.05) is 13.1 Å². The zero-order chi connectivity index (χ0) is 24.8. The van der Waals surface area contributed by atoms with E-state index in [4.69, 9.17) is 14.8 Å². The van der Waals surface area contributed by atoms with Crippen molar-refractivity contribution in [3.8, 4) is 23.1 Å². The summed E-state index contributed by atoms with van der Waals surface area (Å²) < 4.78 is 11.0. The summed E-state index contributed by atoms with van der Waals surface area (Å²) in [4.78, 5) is 11.1. The van der Waals surface area contributed by atoms with Crippen LogP contribution in [0.25, 0.3) is 22.2 Å². The number of imidazole rings is 1. The number of nitriles is 1. The van der Waals surface area contributed by atoms with Gasteiger partial charge in [-0.05, 0) is 76.3 Å². The summed E-state index contributed by atoms with van der Waals surface area (Å²) in [6.07, 6.45) is 10.1.